The fourth-order valence-electron chi connectivity index (χ4n) is 6.97. The Hall–Kier alpha value is -2.73. The molecule has 2 aliphatic carbocycles. The van der Waals surface area contributed by atoms with E-state index in [9.17, 15) is 4.79 Å². The van der Waals surface area contributed by atoms with Gasteiger partial charge in [-0.25, -0.2) is 0 Å². The van der Waals surface area contributed by atoms with Crippen molar-refractivity contribution in [2.24, 2.45) is 17.8 Å². The first-order chi connectivity index (χ1) is 20.3. The number of hydrogen-bond donors (Lipinski definition) is 1. The molecule has 3 fully saturated rings. The summed E-state index contributed by atoms with van der Waals surface area (Å²) < 4.78 is 11.8. The van der Waals surface area contributed by atoms with Gasteiger partial charge in [-0.15, -0.1) is 0 Å². The number of ether oxygens (including phenoxy) is 2. The van der Waals surface area contributed by atoms with Crippen molar-refractivity contribution in [3.05, 3.63) is 92.5 Å². The number of rotatable bonds is 10. The van der Waals surface area contributed by atoms with Gasteiger partial charge in [0.25, 0.3) is 0 Å². The van der Waals surface area contributed by atoms with E-state index in [0.717, 1.165) is 43.7 Å². The zero-order chi connectivity index (χ0) is 29.4. The number of benzene rings is 3. The van der Waals surface area contributed by atoms with Crippen LogP contribution in [-0.4, -0.2) is 43.2 Å². The van der Waals surface area contributed by atoms with Crippen LogP contribution >= 0.6 is 23.2 Å². The van der Waals surface area contributed by atoms with E-state index < -0.39 is 0 Å². The normalized spacial score (nSPS) is 23.1. The number of carbonyl (C=O) groups excluding carboxylic acids is 1. The third kappa shape index (κ3) is 6.15. The molecule has 5 nitrogen and oxygen atoms in total. The molecule has 1 amide bonds. The molecule has 0 spiro atoms. The maximum absolute atomic E-state index is 14.4. The number of aryl methyl sites for hydroxylation is 2. The van der Waals surface area contributed by atoms with Gasteiger partial charge in [0.1, 0.15) is 19.0 Å². The van der Waals surface area contributed by atoms with Crippen LogP contribution in [0.15, 0.2) is 54.6 Å². The van der Waals surface area contributed by atoms with E-state index in [1.165, 1.54) is 22.3 Å². The van der Waals surface area contributed by atoms with Crippen LogP contribution in [0, 0.1) is 38.5 Å². The predicted octanol–water partition coefficient (Wildman–Crippen LogP) is 7.51. The van der Waals surface area contributed by atoms with Crippen molar-refractivity contribution < 1.29 is 14.3 Å². The Labute approximate surface area is 259 Å². The number of fused-ring (bicyclic) bond motifs is 1. The van der Waals surface area contributed by atoms with Crippen LogP contribution < -0.4 is 14.8 Å². The molecule has 1 aliphatic heterocycles. The third-order valence-electron chi connectivity index (χ3n) is 9.51. The van der Waals surface area contributed by atoms with E-state index in [1.807, 2.05) is 31.2 Å². The fourth-order valence-corrected chi connectivity index (χ4v) is 7.68. The summed E-state index contributed by atoms with van der Waals surface area (Å²) in [7, 11) is 0. The van der Waals surface area contributed by atoms with Gasteiger partial charge in [-0.05, 0) is 123 Å². The molecule has 1 saturated heterocycles. The van der Waals surface area contributed by atoms with Crippen molar-refractivity contribution in [3.63, 3.8) is 0 Å². The van der Waals surface area contributed by atoms with E-state index >= 15 is 0 Å². The lowest BCUT2D eigenvalue weighted by Gasteiger charge is -2.32. The van der Waals surface area contributed by atoms with Crippen molar-refractivity contribution in [2.75, 3.05) is 26.3 Å². The minimum Gasteiger partial charge on any atom is -0.490 e. The first-order valence-electron chi connectivity index (χ1n) is 15.2. The van der Waals surface area contributed by atoms with Gasteiger partial charge in [0.05, 0.1) is 10.0 Å². The molecule has 0 bridgehead atoms. The summed E-state index contributed by atoms with van der Waals surface area (Å²) in [5.41, 5.74) is 6.06. The average Bonchev–Trinajstić information content (AvgIpc) is 3.59. The number of hydrogen-bond acceptors (Lipinski definition) is 4. The molecule has 7 heteroatoms. The van der Waals surface area contributed by atoms with Gasteiger partial charge in [-0.2, -0.15) is 0 Å². The highest BCUT2D eigenvalue weighted by atomic mass is 35.5. The highest BCUT2D eigenvalue weighted by molar-refractivity contribution is 6.37. The summed E-state index contributed by atoms with van der Waals surface area (Å²) in [5, 5.41) is 4.57. The van der Waals surface area contributed by atoms with E-state index in [1.54, 1.807) is 0 Å². The molecular formula is C35H40Cl2N2O3. The van der Waals surface area contributed by atoms with E-state index in [0.29, 0.717) is 59.3 Å². The van der Waals surface area contributed by atoms with Gasteiger partial charge >= 0.3 is 0 Å². The topological polar surface area (TPSA) is 50.8 Å². The van der Waals surface area contributed by atoms with Gasteiger partial charge in [-0.3, -0.25) is 4.79 Å². The minimum absolute atomic E-state index is 0.000102. The zero-order valence-corrected chi connectivity index (χ0v) is 26.2. The lowest BCUT2D eigenvalue weighted by molar-refractivity contribution is -0.138. The molecule has 3 aliphatic rings. The largest absolute Gasteiger partial charge is 0.490 e. The lowest BCUT2D eigenvalue weighted by atomic mass is 9.83. The Kier molecular flexibility index (Phi) is 8.72. The Bertz CT molecular complexity index is 1420. The SMILES string of the molecule is Cc1cc(Cl)c(OCCOc2ccc(C3C[C@H]4CNCC4C3C(=O)N(Cc3cccc(C)c3C)C3CC3)cc2)c(Cl)c1. The van der Waals surface area contributed by atoms with Gasteiger partial charge in [0, 0.05) is 18.5 Å². The molecule has 0 aromatic heterocycles. The molecule has 3 unspecified atom stereocenters. The Morgan fingerprint density at radius 3 is 2.38 bits per heavy atom. The van der Waals surface area contributed by atoms with Crippen molar-refractivity contribution >= 4 is 29.1 Å². The predicted molar refractivity (Wildman–Crippen MR) is 169 cm³/mol. The summed E-state index contributed by atoms with van der Waals surface area (Å²) in [6, 6.07) is 18.8. The Morgan fingerprint density at radius 1 is 0.952 bits per heavy atom. The molecule has 0 radical (unpaired) electrons. The zero-order valence-electron chi connectivity index (χ0n) is 24.7. The molecule has 1 heterocycles. The second-order valence-electron chi connectivity index (χ2n) is 12.3. The summed E-state index contributed by atoms with van der Waals surface area (Å²) in [6.45, 7) is 9.61. The quantitative estimate of drug-likeness (QED) is 0.243. The van der Waals surface area contributed by atoms with E-state index in [2.05, 4.69) is 54.4 Å². The van der Waals surface area contributed by atoms with Crippen molar-refractivity contribution in [2.45, 2.75) is 58.5 Å². The molecular weight excluding hydrogens is 567 g/mol. The first kappa shape index (κ1) is 29.3. The third-order valence-corrected chi connectivity index (χ3v) is 10.1. The van der Waals surface area contributed by atoms with E-state index in [4.69, 9.17) is 32.7 Å². The van der Waals surface area contributed by atoms with Crippen LogP contribution in [0.4, 0.5) is 0 Å². The molecule has 4 atom stereocenters. The van der Waals surface area contributed by atoms with Crippen molar-refractivity contribution in [1.82, 2.24) is 10.2 Å². The second-order valence-corrected chi connectivity index (χ2v) is 13.1. The number of nitrogens with zero attached hydrogens (tertiary/aromatic N) is 1. The van der Waals surface area contributed by atoms with Crippen molar-refractivity contribution in [3.8, 4) is 11.5 Å². The second kappa shape index (κ2) is 12.5. The smallest absolute Gasteiger partial charge is 0.227 e. The maximum atomic E-state index is 14.4. The number of amides is 1. The molecule has 222 valence electrons. The number of nitrogens with one attached hydrogen (secondary N) is 1. The van der Waals surface area contributed by atoms with Gasteiger partial charge in [0.2, 0.25) is 5.91 Å². The van der Waals surface area contributed by atoms with Gasteiger partial charge < -0.3 is 19.7 Å². The minimum atomic E-state index is -0.000102. The summed E-state index contributed by atoms with van der Waals surface area (Å²) in [4.78, 5) is 16.6. The van der Waals surface area contributed by atoms with Crippen LogP contribution in [0.5, 0.6) is 11.5 Å². The molecule has 2 saturated carbocycles. The molecule has 6 rings (SSSR count). The van der Waals surface area contributed by atoms with Gasteiger partial charge in [0.15, 0.2) is 5.75 Å². The van der Waals surface area contributed by atoms with Crippen LogP contribution in [0.1, 0.15) is 53.0 Å². The molecule has 1 N–H and O–H groups in total. The highest BCUT2D eigenvalue weighted by Gasteiger charge is 2.51. The fraction of sp³-hybridized carbons (Fsp3) is 0.457. The summed E-state index contributed by atoms with van der Waals surface area (Å²) >= 11 is 12.6. The number of halogens is 2. The van der Waals surface area contributed by atoms with Crippen LogP contribution in [0.3, 0.4) is 0 Å². The monoisotopic (exact) mass is 606 g/mol. The highest BCUT2D eigenvalue weighted by Crippen LogP contribution is 2.50. The van der Waals surface area contributed by atoms with Crippen LogP contribution in [0.25, 0.3) is 0 Å². The molecule has 3 aromatic rings. The number of carbonyl (C=O) groups is 1. The maximum Gasteiger partial charge on any atom is 0.227 e. The molecule has 42 heavy (non-hydrogen) atoms. The van der Waals surface area contributed by atoms with Crippen LogP contribution in [-0.2, 0) is 11.3 Å². The van der Waals surface area contributed by atoms with Gasteiger partial charge in [-0.1, -0.05) is 53.5 Å². The van der Waals surface area contributed by atoms with Crippen LogP contribution in [0.2, 0.25) is 10.0 Å². The lowest BCUT2D eigenvalue weighted by Crippen LogP contribution is -2.41. The standard InChI is InChI=1S/C35H40Cl2N2O3/c1-21-15-31(36)34(32(37)16-21)42-14-13-41-28-11-7-24(8-12-28)29-17-26-18-38-19-30(26)33(29)35(40)39(27-9-10-27)20-25-6-4-5-22(2)23(25)3/h4-8,11-12,15-16,26-27,29-30,33,38H,9-10,13-14,17-20H2,1-3H3/t26-,29?,30?,33?/m0/s1. The first-order valence-corrected chi connectivity index (χ1v) is 15.9. The summed E-state index contributed by atoms with van der Waals surface area (Å²) in [5.74, 6) is 2.75. The average molecular weight is 608 g/mol. The Morgan fingerprint density at radius 2 is 1.67 bits per heavy atom. The molecule has 3 aromatic carbocycles. The van der Waals surface area contributed by atoms with E-state index in [-0.39, 0.29) is 11.8 Å². The van der Waals surface area contributed by atoms with Crippen molar-refractivity contribution in [1.29, 1.82) is 0 Å². The summed E-state index contributed by atoms with van der Waals surface area (Å²) in [6.07, 6.45) is 3.26. The Balaban J connectivity index is 1.13.